The minimum absolute atomic E-state index is 0.0149. The van der Waals surface area contributed by atoms with Crippen molar-refractivity contribution in [1.82, 2.24) is 5.32 Å². The Labute approximate surface area is 130 Å². The molecule has 20 heavy (non-hydrogen) atoms. The van der Waals surface area contributed by atoms with Gasteiger partial charge < -0.3 is 5.32 Å². The van der Waals surface area contributed by atoms with E-state index in [9.17, 15) is 0 Å². The Morgan fingerprint density at radius 1 is 1.00 bits per heavy atom. The molecule has 1 atom stereocenters. The maximum atomic E-state index is 6.38. The summed E-state index contributed by atoms with van der Waals surface area (Å²) in [7, 11) is 0. The lowest BCUT2D eigenvalue weighted by molar-refractivity contribution is 0.627. The highest BCUT2D eigenvalue weighted by molar-refractivity contribution is 6.36. The lowest BCUT2D eigenvalue weighted by Gasteiger charge is -2.23. The quantitative estimate of drug-likeness (QED) is 0.807. The van der Waals surface area contributed by atoms with E-state index in [-0.39, 0.29) is 6.04 Å². The Hall–Kier alpha value is -1.02. The van der Waals surface area contributed by atoms with Gasteiger partial charge in [-0.1, -0.05) is 54.4 Å². The zero-order valence-electron chi connectivity index (χ0n) is 12.0. The van der Waals surface area contributed by atoms with E-state index in [1.165, 1.54) is 16.7 Å². The molecule has 0 saturated heterocycles. The van der Waals surface area contributed by atoms with Crippen LogP contribution >= 0.6 is 23.2 Å². The molecule has 0 aliphatic heterocycles. The van der Waals surface area contributed by atoms with Gasteiger partial charge in [0.1, 0.15) is 0 Å². The van der Waals surface area contributed by atoms with Gasteiger partial charge in [-0.3, -0.25) is 0 Å². The summed E-state index contributed by atoms with van der Waals surface area (Å²) in [5.74, 6) is 0. The number of rotatable bonds is 4. The summed E-state index contributed by atoms with van der Waals surface area (Å²) in [6.07, 6.45) is 0. The molecule has 1 N–H and O–H groups in total. The number of hydrogen-bond donors (Lipinski definition) is 1. The molecule has 0 saturated carbocycles. The fourth-order valence-electron chi connectivity index (χ4n) is 2.44. The maximum absolute atomic E-state index is 6.38. The number of benzene rings is 2. The topological polar surface area (TPSA) is 12.0 Å². The first-order chi connectivity index (χ1) is 9.56. The summed E-state index contributed by atoms with van der Waals surface area (Å²) in [4.78, 5) is 0. The first-order valence-corrected chi connectivity index (χ1v) is 7.55. The van der Waals surface area contributed by atoms with E-state index in [0.717, 1.165) is 12.1 Å². The van der Waals surface area contributed by atoms with Crippen molar-refractivity contribution in [3.63, 3.8) is 0 Å². The summed E-state index contributed by atoms with van der Waals surface area (Å²) in [6.45, 7) is 7.19. The smallest absolute Gasteiger partial charge is 0.0609 e. The fraction of sp³-hybridized carbons (Fsp3) is 0.294. The van der Waals surface area contributed by atoms with Crippen LogP contribution in [0.3, 0.4) is 0 Å². The lowest BCUT2D eigenvalue weighted by Crippen LogP contribution is -2.23. The van der Waals surface area contributed by atoms with Gasteiger partial charge in [0.25, 0.3) is 0 Å². The third kappa shape index (κ3) is 3.01. The van der Waals surface area contributed by atoms with Gasteiger partial charge in [0.15, 0.2) is 0 Å². The molecule has 2 aromatic rings. The van der Waals surface area contributed by atoms with Crippen LogP contribution in [0.15, 0.2) is 36.4 Å². The van der Waals surface area contributed by atoms with Gasteiger partial charge in [-0.15, -0.1) is 0 Å². The summed E-state index contributed by atoms with van der Waals surface area (Å²) in [5.41, 5.74) is 4.72. The zero-order valence-corrected chi connectivity index (χ0v) is 13.5. The van der Waals surface area contributed by atoms with Crippen LogP contribution in [0, 0.1) is 13.8 Å². The Morgan fingerprint density at radius 2 is 1.60 bits per heavy atom. The summed E-state index contributed by atoms with van der Waals surface area (Å²) in [6, 6.07) is 12.0. The summed E-state index contributed by atoms with van der Waals surface area (Å²) < 4.78 is 0. The average Bonchev–Trinajstić information content (AvgIpc) is 2.41. The molecule has 0 heterocycles. The molecule has 2 rings (SSSR count). The highest BCUT2D eigenvalue weighted by Gasteiger charge is 2.21. The van der Waals surface area contributed by atoms with Crippen molar-refractivity contribution in [2.75, 3.05) is 6.54 Å². The van der Waals surface area contributed by atoms with Crippen molar-refractivity contribution >= 4 is 23.2 Å². The Bertz CT molecular complexity index is 588. The highest BCUT2D eigenvalue weighted by atomic mass is 35.5. The fourth-order valence-corrected chi connectivity index (χ4v) is 3.06. The van der Waals surface area contributed by atoms with Gasteiger partial charge in [-0.2, -0.15) is 0 Å². The molecular weight excluding hydrogens is 289 g/mol. The Morgan fingerprint density at radius 3 is 2.20 bits per heavy atom. The van der Waals surface area contributed by atoms with Gasteiger partial charge in [-0.25, -0.2) is 0 Å². The summed E-state index contributed by atoms with van der Waals surface area (Å²) >= 11 is 12.8. The van der Waals surface area contributed by atoms with Gasteiger partial charge in [0.05, 0.1) is 6.04 Å². The van der Waals surface area contributed by atoms with Crippen LogP contribution in [0.4, 0.5) is 0 Å². The Balaban J connectivity index is 2.60. The Kier molecular flexibility index (Phi) is 5.09. The second-order valence-electron chi connectivity index (χ2n) is 4.92. The molecule has 0 spiro atoms. The third-order valence-corrected chi connectivity index (χ3v) is 4.31. The van der Waals surface area contributed by atoms with E-state index in [2.05, 4.69) is 44.3 Å². The van der Waals surface area contributed by atoms with Crippen molar-refractivity contribution in [2.45, 2.75) is 26.8 Å². The van der Waals surface area contributed by atoms with Crippen LogP contribution < -0.4 is 5.32 Å². The van der Waals surface area contributed by atoms with Crippen LogP contribution in [-0.2, 0) is 0 Å². The minimum atomic E-state index is 0.0149. The minimum Gasteiger partial charge on any atom is -0.306 e. The van der Waals surface area contributed by atoms with E-state index < -0.39 is 0 Å². The molecule has 0 bridgehead atoms. The first kappa shape index (κ1) is 15.4. The standard InChI is InChI=1S/C17H19Cl2N/c1-4-20-17(13-8-5-7-11(2)12(13)3)16-14(18)9-6-10-15(16)19/h5-10,17,20H,4H2,1-3H3. The highest BCUT2D eigenvalue weighted by Crippen LogP contribution is 2.35. The number of halogens is 2. The van der Waals surface area contributed by atoms with Gasteiger partial charge in [-0.05, 0) is 49.2 Å². The van der Waals surface area contributed by atoms with Crippen LogP contribution in [0.5, 0.6) is 0 Å². The van der Waals surface area contributed by atoms with Gasteiger partial charge >= 0.3 is 0 Å². The predicted molar refractivity (Wildman–Crippen MR) is 87.9 cm³/mol. The van der Waals surface area contributed by atoms with Crippen LogP contribution in [0.1, 0.15) is 35.2 Å². The largest absolute Gasteiger partial charge is 0.306 e. The number of aryl methyl sites for hydroxylation is 1. The molecule has 0 radical (unpaired) electrons. The zero-order chi connectivity index (χ0) is 14.7. The molecule has 3 heteroatoms. The van der Waals surface area contributed by atoms with Gasteiger partial charge in [0.2, 0.25) is 0 Å². The lowest BCUT2D eigenvalue weighted by atomic mass is 9.92. The second-order valence-corrected chi connectivity index (χ2v) is 5.73. The van der Waals surface area contributed by atoms with Crippen LogP contribution in [0.25, 0.3) is 0 Å². The van der Waals surface area contributed by atoms with Crippen LogP contribution in [-0.4, -0.2) is 6.54 Å². The van der Waals surface area contributed by atoms with Crippen molar-refractivity contribution in [3.8, 4) is 0 Å². The first-order valence-electron chi connectivity index (χ1n) is 6.79. The predicted octanol–water partition coefficient (Wildman–Crippen LogP) is 5.31. The maximum Gasteiger partial charge on any atom is 0.0609 e. The molecule has 0 aromatic heterocycles. The van der Waals surface area contributed by atoms with E-state index in [4.69, 9.17) is 23.2 Å². The van der Waals surface area contributed by atoms with E-state index in [1.54, 1.807) is 0 Å². The molecule has 106 valence electrons. The molecule has 0 aliphatic rings. The number of nitrogens with one attached hydrogen (secondary N) is 1. The number of hydrogen-bond acceptors (Lipinski definition) is 1. The second kappa shape index (κ2) is 6.62. The molecule has 0 aliphatic carbocycles. The third-order valence-electron chi connectivity index (χ3n) is 3.65. The molecule has 0 amide bonds. The van der Waals surface area contributed by atoms with Crippen LogP contribution in [0.2, 0.25) is 10.0 Å². The summed E-state index contributed by atoms with van der Waals surface area (Å²) in [5, 5.41) is 4.89. The van der Waals surface area contributed by atoms with Crippen molar-refractivity contribution < 1.29 is 0 Å². The van der Waals surface area contributed by atoms with E-state index in [0.29, 0.717) is 10.0 Å². The van der Waals surface area contributed by atoms with Crippen molar-refractivity contribution in [2.24, 2.45) is 0 Å². The normalized spacial score (nSPS) is 12.4. The molecule has 1 nitrogen and oxygen atoms in total. The van der Waals surface area contributed by atoms with Crippen molar-refractivity contribution in [1.29, 1.82) is 0 Å². The van der Waals surface area contributed by atoms with E-state index >= 15 is 0 Å². The monoisotopic (exact) mass is 307 g/mol. The molecular formula is C17H19Cl2N. The van der Waals surface area contributed by atoms with Gasteiger partial charge in [0, 0.05) is 15.6 Å². The molecule has 1 unspecified atom stereocenters. The average molecular weight is 308 g/mol. The molecule has 2 aromatic carbocycles. The SMILES string of the molecule is CCNC(c1cccc(C)c1C)c1c(Cl)cccc1Cl. The van der Waals surface area contributed by atoms with E-state index in [1.807, 2.05) is 18.2 Å². The molecule has 0 fully saturated rings. The van der Waals surface area contributed by atoms with Crippen molar-refractivity contribution in [3.05, 3.63) is 68.7 Å².